The molecule has 0 aromatic heterocycles. The summed E-state index contributed by atoms with van der Waals surface area (Å²) in [5.41, 5.74) is 1.27. The Kier molecular flexibility index (Phi) is 7.56. The molecule has 5 heteroatoms. The largest absolute Gasteiger partial charge is 0.497 e. The van der Waals surface area contributed by atoms with Gasteiger partial charge < -0.3 is 20.1 Å². The van der Waals surface area contributed by atoms with E-state index in [2.05, 4.69) is 41.6 Å². The highest BCUT2D eigenvalue weighted by Crippen LogP contribution is 2.28. The second-order valence-electron chi connectivity index (χ2n) is 7.34. The fourth-order valence-corrected chi connectivity index (χ4v) is 2.59. The Morgan fingerprint density at radius 2 is 1.92 bits per heavy atom. The maximum absolute atomic E-state index is 5.65. The van der Waals surface area contributed by atoms with E-state index in [4.69, 9.17) is 9.47 Å². The molecule has 2 N–H and O–H groups in total. The van der Waals surface area contributed by atoms with Gasteiger partial charge in [0.05, 0.1) is 7.11 Å². The smallest absolute Gasteiger partial charge is 0.191 e. The molecule has 0 saturated heterocycles. The lowest BCUT2D eigenvalue weighted by Crippen LogP contribution is -2.43. The molecule has 1 aromatic carbocycles. The predicted octanol–water partition coefficient (Wildman–Crippen LogP) is 2.95. The molecule has 0 unspecified atom stereocenters. The van der Waals surface area contributed by atoms with Crippen molar-refractivity contribution in [3.05, 3.63) is 29.8 Å². The van der Waals surface area contributed by atoms with Gasteiger partial charge in [-0.1, -0.05) is 26.0 Å². The second-order valence-corrected chi connectivity index (χ2v) is 7.34. The number of hydrogen-bond donors (Lipinski definition) is 2. The van der Waals surface area contributed by atoms with Gasteiger partial charge in [0.1, 0.15) is 5.75 Å². The van der Waals surface area contributed by atoms with Crippen LogP contribution < -0.4 is 15.4 Å². The summed E-state index contributed by atoms with van der Waals surface area (Å²) >= 11 is 0. The van der Waals surface area contributed by atoms with Gasteiger partial charge in [-0.15, -0.1) is 0 Å². The Balaban J connectivity index is 1.68. The van der Waals surface area contributed by atoms with Gasteiger partial charge in [0.25, 0.3) is 0 Å². The molecule has 140 valence electrons. The van der Waals surface area contributed by atoms with Crippen LogP contribution in [0.15, 0.2) is 29.3 Å². The quantitative estimate of drug-likeness (QED) is 0.388. The van der Waals surface area contributed by atoms with Crippen LogP contribution in [0.4, 0.5) is 0 Å². The summed E-state index contributed by atoms with van der Waals surface area (Å²) in [6, 6.07) is 8.25. The lowest BCUT2D eigenvalue weighted by Gasteiger charge is -2.27. The lowest BCUT2D eigenvalue weighted by atomic mass is 9.84. The van der Waals surface area contributed by atoms with E-state index in [-0.39, 0.29) is 5.41 Å². The fourth-order valence-electron chi connectivity index (χ4n) is 2.59. The normalized spacial score (nSPS) is 15.1. The van der Waals surface area contributed by atoms with Crippen LogP contribution in [0.1, 0.15) is 38.7 Å². The summed E-state index contributed by atoms with van der Waals surface area (Å²) in [5, 5.41) is 6.78. The number of guanidine groups is 1. The number of ether oxygens (including phenoxy) is 2. The minimum absolute atomic E-state index is 0.00271. The Hall–Kier alpha value is -1.75. The predicted molar refractivity (Wildman–Crippen MR) is 104 cm³/mol. The monoisotopic (exact) mass is 347 g/mol. The third-order valence-corrected chi connectivity index (χ3v) is 4.60. The van der Waals surface area contributed by atoms with Crippen LogP contribution in [0.2, 0.25) is 0 Å². The highest BCUT2D eigenvalue weighted by Gasteiger charge is 2.21. The Bertz CT molecular complexity index is 536. The minimum atomic E-state index is -0.00271. The van der Waals surface area contributed by atoms with E-state index in [1.165, 1.54) is 18.4 Å². The highest BCUT2D eigenvalue weighted by molar-refractivity contribution is 5.79. The van der Waals surface area contributed by atoms with Crippen molar-refractivity contribution in [3.8, 4) is 5.75 Å². The Morgan fingerprint density at radius 3 is 2.52 bits per heavy atom. The van der Waals surface area contributed by atoms with Gasteiger partial charge in [-0.25, -0.2) is 0 Å². The third kappa shape index (κ3) is 6.94. The van der Waals surface area contributed by atoms with E-state index < -0.39 is 0 Å². The number of benzene rings is 1. The average molecular weight is 348 g/mol. The molecule has 0 radical (unpaired) electrons. The Labute approximate surface area is 152 Å². The number of aliphatic imine (C=N–C) groups is 1. The van der Waals surface area contributed by atoms with E-state index in [0.717, 1.165) is 50.4 Å². The Morgan fingerprint density at radius 1 is 1.20 bits per heavy atom. The van der Waals surface area contributed by atoms with Gasteiger partial charge in [-0.05, 0) is 42.9 Å². The molecular formula is C20H33N3O2. The first-order valence-electron chi connectivity index (χ1n) is 9.22. The van der Waals surface area contributed by atoms with Crippen LogP contribution in [0.5, 0.6) is 5.75 Å². The van der Waals surface area contributed by atoms with Gasteiger partial charge in [-0.2, -0.15) is 0 Å². The highest BCUT2D eigenvalue weighted by atomic mass is 16.5. The maximum Gasteiger partial charge on any atom is 0.191 e. The van der Waals surface area contributed by atoms with Crippen LogP contribution in [0, 0.1) is 5.92 Å². The van der Waals surface area contributed by atoms with Crippen molar-refractivity contribution in [1.29, 1.82) is 0 Å². The van der Waals surface area contributed by atoms with E-state index >= 15 is 0 Å². The molecule has 5 nitrogen and oxygen atoms in total. The van der Waals surface area contributed by atoms with Crippen molar-refractivity contribution in [2.75, 3.05) is 40.5 Å². The number of rotatable bonds is 10. The summed E-state index contributed by atoms with van der Waals surface area (Å²) in [5.74, 6) is 2.56. The van der Waals surface area contributed by atoms with Crippen molar-refractivity contribution in [2.45, 2.75) is 38.5 Å². The number of hydrogen-bond acceptors (Lipinski definition) is 3. The SMILES string of the molecule is CN=C(NCCCOCC1CC1)NCC(C)(C)c1ccc(OC)cc1. The molecule has 0 atom stereocenters. The first kappa shape index (κ1) is 19.6. The maximum atomic E-state index is 5.65. The molecule has 1 aliphatic carbocycles. The molecule has 1 aromatic rings. The van der Waals surface area contributed by atoms with Crippen molar-refractivity contribution < 1.29 is 9.47 Å². The lowest BCUT2D eigenvalue weighted by molar-refractivity contribution is 0.123. The molecule has 25 heavy (non-hydrogen) atoms. The van der Waals surface area contributed by atoms with E-state index in [9.17, 15) is 0 Å². The first-order valence-corrected chi connectivity index (χ1v) is 9.22. The molecule has 0 aliphatic heterocycles. The summed E-state index contributed by atoms with van der Waals surface area (Å²) in [6.07, 6.45) is 3.69. The molecular weight excluding hydrogens is 314 g/mol. The van der Waals surface area contributed by atoms with Crippen LogP contribution in [-0.2, 0) is 10.2 Å². The molecule has 0 amide bonds. The zero-order valence-corrected chi connectivity index (χ0v) is 16.1. The van der Waals surface area contributed by atoms with Crippen molar-refractivity contribution >= 4 is 5.96 Å². The number of nitrogens with zero attached hydrogens (tertiary/aromatic N) is 1. The standard InChI is InChI=1S/C20H33N3O2/c1-20(2,17-8-10-18(24-4)11-9-17)15-23-19(21-3)22-12-5-13-25-14-16-6-7-16/h8-11,16H,5-7,12-15H2,1-4H3,(H2,21,22,23). The topological polar surface area (TPSA) is 54.9 Å². The third-order valence-electron chi connectivity index (χ3n) is 4.60. The van der Waals surface area contributed by atoms with Gasteiger partial charge in [-0.3, -0.25) is 4.99 Å². The summed E-state index contributed by atoms with van der Waals surface area (Å²) in [4.78, 5) is 4.30. The molecule has 0 spiro atoms. The molecule has 1 fully saturated rings. The van der Waals surface area contributed by atoms with Crippen LogP contribution in [-0.4, -0.2) is 46.4 Å². The van der Waals surface area contributed by atoms with E-state index in [1.54, 1.807) is 14.2 Å². The number of nitrogens with one attached hydrogen (secondary N) is 2. The molecule has 1 aliphatic rings. The minimum Gasteiger partial charge on any atom is -0.497 e. The summed E-state index contributed by atoms with van der Waals surface area (Å²) in [6.45, 7) is 7.87. The zero-order valence-electron chi connectivity index (χ0n) is 16.1. The van der Waals surface area contributed by atoms with Crippen LogP contribution in [0.25, 0.3) is 0 Å². The summed E-state index contributed by atoms with van der Waals surface area (Å²) in [7, 11) is 3.49. The molecule has 1 saturated carbocycles. The van der Waals surface area contributed by atoms with Crippen LogP contribution >= 0.6 is 0 Å². The molecule has 0 heterocycles. The van der Waals surface area contributed by atoms with E-state index in [1.807, 2.05) is 12.1 Å². The van der Waals surface area contributed by atoms with Crippen molar-refractivity contribution in [2.24, 2.45) is 10.9 Å². The molecule has 0 bridgehead atoms. The fraction of sp³-hybridized carbons (Fsp3) is 0.650. The van der Waals surface area contributed by atoms with Gasteiger partial charge in [0.15, 0.2) is 5.96 Å². The van der Waals surface area contributed by atoms with Crippen molar-refractivity contribution in [3.63, 3.8) is 0 Å². The van der Waals surface area contributed by atoms with Gasteiger partial charge >= 0.3 is 0 Å². The van der Waals surface area contributed by atoms with Crippen LogP contribution in [0.3, 0.4) is 0 Å². The second kappa shape index (κ2) is 9.66. The number of methoxy groups -OCH3 is 1. The zero-order chi connectivity index (χ0) is 18.1. The van der Waals surface area contributed by atoms with E-state index in [0.29, 0.717) is 0 Å². The molecule has 2 rings (SSSR count). The van der Waals surface area contributed by atoms with Gasteiger partial charge in [0, 0.05) is 38.8 Å². The van der Waals surface area contributed by atoms with Gasteiger partial charge in [0.2, 0.25) is 0 Å². The first-order chi connectivity index (χ1) is 12.0. The summed E-state index contributed by atoms with van der Waals surface area (Å²) < 4.78 is 10.9. The average Bonchev–Trinajstić information content (AvgIpc) is 3.45. The van der Waals surface area contributed by atoms with Crippen molar-refractivity contribution in [1.82, 2.24) is 10.6 Å².